The smallest absolute Gasteiger partial charge is 0.269 e. The topological polar surface area (TPSA) is 135 Å². The maximum atomic E-state index is 10.7. The van der Waals surface area contributed by atoms with Gasteiger partial charge in [-0.2, -0.15) is 0 Å². The van der Waals surface area contributed by atoms with Crippen molar-refractivity contribution in [1.29, 1.82) is 0 Å². The molecule has 0 aliphatic heterocycles. The summed E-state index contributed by atoms with van der Waals surface area (Å²) in [6.07, 6.45) is -1.06. The Morgan fingerprint density at radius 1 is 1.11 bits per heavy atom. The second kappa shape index (κ2) is 8.49. The van der Waals surface area contributed by atoms with E-state index >= 15 is 0 Å². The lowest BCUT2D eigenvalue weighted by atomic mass is 10.0. The van der Waals surface area contributed by atoms with Gasteiger partial charge in [-0.3, -0.25) is 10.1 Å². The highest BCUT2D eigenvalue weighted by atomic mass is 16.6. The van der Waals surface area contributed by atoms with Gasteiger partial charge in [0, 0.05) is 17.7 Å². The van der Waals surface area contributed by atoms with Gasteiger partial charge in [0.1, 0.15) is 0 Å². The Bertz CT molecular complexity index is 882. The predicted molar refractivity (Wildman–Crippen MR) is 95.5 cm³/mol. The molecule has 1 aromatic heterocycles. The van der Waals surface area contributed by atoms with Crippen LogP contribution >= 0.6 is 0 Å². The van der Waals surface area contributed by atoms with E-state index in [1.54, 1.807) is 0 Å². The molecule has 3 rings (SSSR count). The molecule has 9 nitrogen and oxygen atoms in total. The van der Waals surface area contributed by atoms with Crippen LogP contribution in [0.2, 0.25) is 0 Å². The minimum Gasteiger partial charge on any atom is -0.419 e. The molecular formula is C18H18N4O5. The van der Waals surface area contributed by atoms with Gasteiger partial charge in [-0.15, -0.1) is 10.2 Å². The van der Waals surface area contributed by atoms with Gasteiger partial charge >= 0.3 is 0 Å². The predicted octanol–water partition coefficient (Wildman–Crippen LogP) is 1.83. The number of hydrogen-bond donors (Lipinski definition) is 3. The lowest BCUT2D eigenvalue weighted by Crippen LogP contribution is -2.37. The van der Waals surface area contributed by atoms with Crippen molar-refractivity contribution >= 4 is 5.69 Å². The quantitative estimate of drug-likeness (QED) is 0.404. The van der Waals surface area contributed by atoms with E-state index in [0.29, 0.717) is 17.3 Å². The molecule has 140 valence electrons. The van der Waals surface area contributed by atoms with Crippen LogP contribution in [0.1, 0.15) is 17.6 Å². The van der Waals surface area contributed by atoms with Crippen LogP contribution < -0.4 is 5.32 Å². The van der Waals surface area contributed by atoms with E-state index in [9.17, 15) is 20.3 Å². The Kier molecular flexibility index (Phi) is 5.87. The zero-order valence-corrected chi connectivity index (χ0v) is 14.2. The number of nitro groups is 1. The first kappa shape index (κ1) is 18.6. The maximum absolute atomic E-state index is 10.7. The molecular weight excluding hydrogens is 352 g/mol. The Hall–Kier alpha value is -3.14. The Balaban J connectivity index is 1.63. The summed E-state index contributed by atoms with van der Waals surface area (Å²) >= 11 is 0. The first-order valence-electron chi connectivity index (χ1n) is 8.23. The van der Waals surface area contributed by atoms with E-state index < -0.39 is 17.1 Å². The van der Waals surface area contributed by atoms with E-state index in [1.165, 1.54) is 24.3 Å². The van der Waals surface area contributed by atoms with E-state index in [0.717, 1.165) is 5.56 Å². The largest absolute Gasteiger partial charge is 0.419 e. The maximum Gasteiger partial charge on any atom is 0.269 e. The number of hydrogen-bond acceptors (Lipinski definition) is 8. The van der Waals surface area contributed by atoms with Crippen molar-refractivity contribution in [3.8, 4) is 11.5 Å². The fourth-order valence-electron chi connectivity index (χ4n) is 2.54. The second-order valence-corrected chi connectivity index (χ2v) is 5.83. The molecule has 0 amide bonds. The molecule has 0 bridgehead atoms. The van der Waals surface area contributed by atoms with Crippen LogP contribution in [0.25, 0.3) is 11.5 Å². The molecule has 2 atom stereocenters. The third-order valence-corrected chi connectivity index (χ3v) is 4.03. The van der Waals surface area contributed by atoms with Gasteiger partial charge in [-0.05, 0) is 29.8 Å². The van der Waals surface area contributed by atoms with E-state index in [4.69, 9.17) is 4.42 Å². The number of rotatable bonds is 8. The van der Waals surface area contributed by atoms with Crippen molar-refractivity contribution in [2.24, 2.45) is 0 Å². The van der Waals surface area contributed by atoms with Crippen LogP contribution in [-0.2, 0) is 6.54 Å². The summed E-state index contributed by atoms with van der Waals surface area (Å²) < 4.78 is 5.57. The van der Waals surface area contributed by atoms with Crippen LogP contribution in [-0.4, -0.2) is 38.0 Å². The molecule has 2 aromatic carbocycles. The summed E-state index contributed by atoms with van der Waals surface area (Å²) in [5.74, 6) is 0.687. The highest BCUT2D eigenvalue weighted by molar-refractivity contribution is 5.51. The summed E-state index contributed by atoms with van der Waals surface area (Å²) in [6, 6.07) is 14.1. The first-order chi connectivity index (χ1) is 13.1. The molecule has 0 fully saturated rings. The van der Waals surface area contributed by atoms with Gasteiger partial charge in [-0.25, -0.2) is 0 Å². The number of aromatic nitrogens is 2. The fourth-order valence-corrected chi connectivity index (χ4v) is 2.54. The molecule has 0 spiro atoms. The number of aliphatic hydroxyl groups excluding tert-OH is 2. The average molecular weight is 370 g/mol. The van der Waals surface area contributed by atoms with Gasteiger partial charge in [0.05, 0.1) is 30.2 Å². The van der Waals surface area contributed by atoms with Crippen LogP contribution in [0, 0.1) is 10.1 Å². The zero-order chi connectivity index (χ0) is 19.2. The van der Waals surface area contributed by atoms with E-state index in [1.807, 2.05) is 30.3 Å². The van der Waals surface area contributed by atoms with Crippen molar-refractivity contribution in [2.75, 3.05) is 6.61 Å². The summed E-state index contributed by atoms with van der Waals surface area (Å²) in [4.78, 5) is 10.2. The Morgan fingerprint density at radius 2 is 1.81 bits per heavy atom. The molecule has 0 saturated carbocycles. The van der Waals surface area contributed by atoms with Gasteiger partial charge in [0.15, 0.2) is 0 Å². The fraction of sp³-hybridized carbons (Fsp3) is 0.222. The minimum absolute atomic E-state index is 0.0706. The van der Waals surface area contributed by atoms with E-state index in [-0.39, 0.29) is 18.8 Å². The number of nitrogens with one attached hydrogen (secondary N) is 1. The van der Waals surface area contributed by atoms with Gasteiger partial charge in [0.2, 0.25) is 11.8 Å². The SMILES string of the molecule is O=[N+]([O-])c1ccc([C@@H](O)[C@H](CO)NCc2nnc(-c3ccccc3)o2)cc1. The summed E-state index contributed by atoms with van der Waals surface area (Å²) in [5.41, 5.74) is 1.17. The van der Waals surface area contributed by atoms with Crippen molar-refractivity contribution in [3.63, 3.8) is 0 Å². The summed E-state index contributed by atoms with van der Waals surface area (Å²) in [5, 5.41) is 41.6. The highest BCUT2D eigenvalue weighted by Gasteiger charge is 2.21. The second-order valence-electron chi connectivity index (χ2n) is 5.83. The molecule has 3 N–H and O–H groups in total. The number of benzene rings is 2. The summed E-state index contributed by atoms with van der Waals surface area (Å²) in [6.45, 7) is -0.201. The number of nitrogens with zero attached hydrogens (tertiary/aromatic N) is 3. The number of nitro benzene ring substituents is 1. The molecule has 3 aromatic rings. The van der Waals surface area contributed by atoms with Crippen molar-refractivity contribution in [3.05, 3.63) is 76.2 Å². The molecule has 0 aliphatic carbocycles. The molecule has 0 unspecified atom stereocenters. The number of non-ortho nitro benzene ring substituents is 1. The highest BCUT2D eigenvalue weighted by Crippen LogP contribution is 2.21. The molecule has 0 radical (unpaired) electrons. The third-order valence-electron chi connectivity index (χ3n) is 4.03. The minimum atomic E-state index is -1.06. The van der Waals surface area contributed by atoms with Gasteiger partial charge < -0.3 is 19.9 Å². The lowest BCUT2D eigenvalue weighted by molar-refractivity contribution is -0.384. The van der Waals surface area contributed by atoms with Crippen LogP contribution in [0.4, 0.5) is 5.69 Å². The van der Waals surface area contributed by atoms with Gasteiger partial charge in [0.25, 0.3) is 5.69 Å². The van der Waals surface area contributed by atoms with Crippen molar-refractivity contribution < 1.29 is 19.6 Å². The molecule has 1 heterocycles. The van der Waals surface area contributed by atoms with Crippen molar-refractivity contribution in [2.45, 2.75) is 18.7 Å². The zero-order valence-electron chi connectivity index (χ0n) is 14.2. The molecule has 0 saturated heterocycles. The molecule has 27 heavy (non-hydrogen) atoms. The van der Waals surface area contributed by atoms with Crippen LogP contribution in [0.3, 0.4) is 0 Å². The molecule has 9 heteroatoms. The lowest BCUT2D eigenvalue weighted by Gasteiger charge is -2.21. The molecule has 0 aliphatic rings. The van der Waals surface area contributed by atoms with Crippen molar-refractivity contribution in [1.82, 2.24) is 15.5 Å². The summed E-state index contributed by atoms with van der Waals surface area (Å²) in [7, 11) is 0. The van der Waals surface area contributed by atoms with E-state index in [2.05, 4.69) is 15.5 Å². The first-order valence-corrected chi connectivity index (χ1v) is 8.23. The normalized spacial score (nSPS) is 13.3. The number of aliphatic hydroxyl groups is 2. The third kappa shape index (κ3) is 4.53. The van der Waals surface area contributed by atoms with Crippen LogP contribution in [0.15, 0.2) is 59.0 Å². The average Bonchev–Trinajstić information content (AvgIpc) is 3.18. The standard InChI is InChI=1S/C18H18N4O5/c23-11-15(17(24)12-6-8-14(9-7-12)22(25)26)19-10-16-20-21-18(27-16)13-4-2-1-3-5-13/h1-9,15,17,19,23-24H,10-11H2/t15-,17+/m0/s1. The Labute approximate surface area is 154 Å². The van der Waals surface area contributed by atoms with Crippen LogP contribution in [0.5, 0.6) is 0 Å². The van der Waals surface area contributed by atoms with Gasteiger partial charge in [-0.1, -0.05) is 18.2 Å². The Morgan fingerprint density at radius 3 is 2.44 bits per heavy atom. The monoisotopic (exact) mass is 370 g/mol.